The number of rotatable bonds is 6. The lowest BCUT2D eigenvalue weighted by Gasteiger charge is -2.15. The number of nitrogens with zero attached hydrogens (tertiary/aromatic N) is 1. The molecule has 0 aliphatic carbocycles. The summed E-state index contributed by atoms with van der Waals surface area (Å²) < 4.78 is 10.8. The number of benzene rings is 2. The summed E-state index contributed by atoms with van der Waals surface area (Å²) in [7, 11) is 1.59. The van der Waals surface area contributed by atoms with Gasteiger partial charge in [0.2, 0.25) is 0 Å². The number of methoxy groups -OCH3 is 1. The fourth-order valence-corrected chi connectivity index (χ4v) is 2.07. The number of hydrogen-bond acceptors (Lipinski definition) is 4. The molecular weight excluding hydrogens is 292 g/mol. The zero-order valence-corrected chi connectivity index (χ0v) is 13.1. The Morgan fingerprint density at radius 1 is 1.26 bits per heavy atom. The number of amides is 1. The van der Waals surface area contributed by atoms with Gasteiger partial charge in [0.1, 0.15) is 11.5 Å². The highest BCUT2D eigenvalue weighted by Gasteiger charge is 2.15. The standard InChI is InChI=1S/C18H18N2O3/c1-13(23-16-8-5-6-14(10-16)11-19)18(21)20-12-15-7-3-4-9-17(15)22-2/h3-10,13H,12H2,1-2H3,(H,20,21). The van der Waals surface area contributed by atoms with Gasteiger partial charge in [0, 0.05) is 12.1 Å². The highest BCUT2D eigenvalue weighted by Crippen LogP contribution is 2.17. The van der Waals surface area contributed by atoms with E-state index in [1.165, 1.54) is 0 Å². The summed E-state index contributed by atoms with van der Waals surface area (Å²) in [6.07, 6.45) is -0.668. The third kappa shape index (κ3) is 4.48. The first-order valence-corrected chi connectivity index (χ1v) is 7.20. The van der Waals surface area contributed by atoms with Gasteiger partial charge in [-0.05, 0) is 31.2 Å². The Labute approximate surface area is 135 Å². The van der Waals surface area contributed by atoms with E-state index in [0.717, 1.165) is 11.3 Å². The summed E-state index contributed by atoms with van der Waals surface area (Å²) in [5.74, 6) is 0.977. The van der Waals surface area contributed by atoms with E-state index >= 15 is 0 Å². The molecule has 0 radical (unpaired) electrons. The molecule has 0 aromatic heterocycles. The molecule has 0 heterocycles. The monoisotopic (exact) mass is 310 g/mol. The average molecular weight is 310 g/mol. The first kappa shape index (κ1) is 16.4. The van der Waals surface area contributed by atoms with Gasteiger partial charge in [0.15, 0.2) is 6.10 Å². The Morgan fingerprint density at radius 3 is 2.78 bits per heavy atom. The number of hydrogen-bond donors (Lipinski definition) is 1. The van der Waals surface area contributed by atoms with Crippen LogP contribution in [0.2, 0.25) is 0 Å². The maximum absolute atomic E-state index is 12.1. The van der Waals surface area contributed by atoms with Gasteiger partial charge < -0.3 is 14.8 Å². The zero-order valence-electron chi connectivity index (χ0n) is 13.1. The van der Waals surface area contributed by atoms with Crippen LogP contribution in [0.5, 0.6) is 11.5 Å². The van der Waals surface area contributed by atoms with Crippen molar-refractivity contribution in [3.8, 4) is 17.6 Å². The van der Waals surface area contributed by atoms with E-state index in [0.29, 0.717) is 17.9 Å². The van der Waals surface area contributed by atoms with E-state index in [2.05, 4.69) is 5.32 Å². The second-order valence-corrected chi connectivity index (χ2v) is 4.93. The maximum Gasteiger partial charge on any atom is 0.261 e. The molecule has 5 nitrogen and oxygen atoms in total. The van der Waals surface area contributed by atoms with E-state index in [9.17, 15) is 4.79 Å². The molecule has 0 saturated carbocycles. The summed E-state index contributed by atoms with van der Waals surface area (Å²) in [6, 6.07) is 16.2. The van der Waals surface area contributed by atoms with E-state index < -0.39 is 6.10 Å². The van der Waals surface area contributed by atoms with Gasteiger partial charge in [-0.25, -0.2) is 0 Å². The predicted octanol–water partition coefficient (Wildman–Crippen LogP) is 2.65. The summed E-state index contributed by atoms with van der Waals surface area (Å²) in [4.78, 5) is 12.1. The lowest BCUT2D eigenvalue weighted by molar-refractivity contribution is -0.127. The van der Waals surface area contributed by atoms with Crippen LogP contribution in [0.3, 0.4) is 0 Å². The van der Waals surface area contributed by atoms with Crippen LogP contribution < -0.4 is 14.8 Å². The normalized spacial score (nSPS) is 11.2. The van der Waals surface area contributed by atoms with Gasteiger partial charge in [-0.15, -0.1) is 0 Å². The van der Waals surface area contributed by atoms with Crippen molar-refractivity contribution in [3.63, 3.8) is 0 Å². The van der Waals surface area contributed by atoms with Gasteiger partial charge in [-0.3, -0.25) is 4.79 Å². The van der Waals surface area contributed by atoms with Gasteiger partial charge in [0.05, 0.1) is 18.7 Å². The SMILES string of the molecule is COc1ccccc1CNC(=O)C(C)Oc1cccc(C#N)c1. The molecule has 2 rings (SSSR count). The molecule has 1 N–H and O–H groups in total. The molecule has 0 saturated heterocycles. The second kappa shape index (κ2) is 7.85. The van der Waals surface area contributed by atoms with Crippen molar-refractivity contribution in [2.45, 2.75) is 19.6 Å². The number of nitriles is 1. The molecule has 0 fully saturated rings. The van der Waals surface area contributed by atoms with Crippen LogP contribution in [-0.2, 0) is 11.3 Å². The summed E-state index contributed by atoms with van der Waals surface area (Å²) >= 11 is 0. The van der Waals surface area contributed by atoms with Crippen molar-refractivity contribution < 1.29 is 14.3 Å². The van der Waals surface area contributed by atoms with Gasteiger partial charge in [0.25, 0.3) is 5.91 Å². The van der Waals surface area contributed by atoms with Crippen molar-refractivity contribution in [1.29, 1.82) is 5.26 Å². The maximum atomic E-state index is 12.1. The summed E-state index contributed by atoms with van der Waals surface area (Å²) in [5, 5.41) is 11.7. The van der Waals surface area contributed by atoms with Crippen LogP contribution >= 0.6 is 0 Å². The molecule has 2 aromatic rings. The van der Waals surface area contributed by atoms with Gasteiger partial charge >= 0.3 is 0 Å². The smallest absolute Gasteiger partial charge is 0.261 e. The van der Waals surface area contributed by atoms with E-state index in [-0.39, 0.29) is 5.91 Å². The topological polar surface area (TPSA) is 71.3 Å². The quantitative estimate of drug-likeness (QED) is 0.890. The molecule has 1 amide bonds. The van der Waals surface area contributed by atoms with Crippen LogP contribution in [0.1, 0.15) is 18.1 Å². The fraction of sp³-hybridized carbons (Fsp3) is 0.222. The third-order valence-corrected chi connectivity index (χ3v) is 3.29. The van der Waals surface area contributed by atoms with Crippen LogP contribution in [0.15, 0.2) is 48.5 Å². The Bertz CT molecular complexity index is 722. The van der Waals surface area contributed by atoms with Crippen molar-refractivity contribution in [2.75, 3.05) is 7.11 Å². The summed E-state index contributed by atoms with van der Waals surface area (Å²) in [5.41, 5.74) is 1.38. The van der Waals surface area contributed by atoms with Crippen LogP contribution in [0.25, 0.3) is 0 Å². The lowest BCUT2D eigenvalue weighted by atomic mass is 10.2. The number of nitrogens with one attached hydrogen (secondary N) is 1. The molecular formula is C18H18N2O3. The van der Waals surface area contributed by atoms with Crippen LogP contribution in [-0.4, -0.2) is 19.1 Å². The largest absolute Gasteiger partial charge is 0.496 e. The average Bonchev–Trinajstić information content (AvgIpc) is 2.59. The minimum absolute atomic E-state index is 0.238. The molecule has 2 aromatic carbocycles. The predicted molar refractivity (Wildman–Crippen MR) is 86.1 cm³/mol. The number of para-hydroxylation sites is 1. The molecule has 23 heavy (non-hydrogen) atoms. The molecule has 0 aliphatic rings. The molecule has 1 atom stereocenters. The van der Waals surface area contributed by atoms with E-state index in [1.54, 1.807) is 38.3 Å². The van der Waals surface area contributed by atoms with Crippen LogP contribution in [0.4, 0.5) is 0 Å². The van der Waals surface area contributed by atoms with Crippen molar-refractivity contribution in [3.05, 3.63) is 59.7 Å². The highest BCUT2D eigenvalue weighted by atomic mass is 16.5. The Kier molecular flexibility index (Phi) is 5.59. The molecule has 0 bridgehead atoms. The molecule has 0 spiro atoms. The highest BCUT2D eigenvalue weighted by molar-refractivity contribution is 5.80. The van der Waals surface area contributed by atoms with E-state index in [1.807, 2.05) is 30.3 Å². The third-order valence-electron chi connectivity index (χ3n) is 3.29. The summed E-state index contributed by atoms with van der Waals surface area (Å²) in [6.45, 7) is 2.02. The van der Waals surface area contributed by atoms with Gasteiger partial charge in [-0.1, -0.05) is 24.3 Å². The van der Waals surface area contributed by atoms with Crippen molar-refractivity contribution >= 4 is 5.91 Å². The number of carbonyl (C=O) groups is 1. The minimum Gasteiger partial charge on any atom is -0.496 e. The van der Waals surface area contributed by atoms with Gasteiger partial charge in [-0.2, -0.15) is 5.26 Å². The Morgan fingerprint density at radius 2 is 2.04 bits per heavy atom. The number of ether oxygens (including phenoxy) is 2. The first-order valence-electron chi connectivity index (χ1n) is 7.20. The second-order valence-electron chi connectivity index (χ2n) is 4.93. The first-order chi connectivity index (χ1) is 11.1. The molecule has 118 valence electrons. The Balaban J connectivity index is 1.93. The molecule has 1 unspecified atom stereocenters. The van der Waals surface area contributed by atoms with Crippen LogP contribution in [0, 0.1) is 11.3 Å². The number of carbonyl (C=O) groups excluding carboxylic acids is 1. The van der Waals surface area contributed by atoms with E-state index in [4.69, 9.17) is 14.7 Å². The fourth-order valence-electron chi connectivity index (χ4n) is 2.07. The van der Waals surface area contributed by atoms with Crippen molar-refractivity contribution in [1.82, 2.24) is 5.32 Å². The van der Waals surface area contributed by atoms with Crippen molar-refractivity contribution in [2.24, 2.45) is 0 Å². The minimum atomic E-state index is -0.668. The zero-order chi connectivity index (χ0) is 16.7. The Hall–Kier alpha value is -3.00. The molecule has 5 heteroatoms. The molecule has 0 aliphatic heterocycles. The lowest BCUT2D eigenvalue weighted by Crippen LogP contribution is -2.36.